The summed E-state index contributed by atoms with van der Waals surface area (Å²) in [6.07, 6.45) is 2.24. The van der Waals surface area contributed by atoms with Crippen LogP contribution in [0.4, 0.5) is 5.95 Å². The molecular formula is C35H42N6O5S. The summed E-state index contributed by atoms with van der Waals surface area (Å²) in [6, 6.07) is 14.9. The highest BCUT2D eigenvalue weighted by molar-refractivity contribution is 7.92. The molecule has 248 valence electrons. The molecule has 3 heterocycles. The number of benzene rings is 2. The van der Waals surface area contributed by atoms with Crippen molar-refractivity contribution in [1.29, 1.82) is 0 Å². The maximum Gasteiger partial charge on any atom is 0.264 e. The van der Waals surface area contributed by atoms with Crippen LogP contribution in [0.15, 0.2) is 65.7 Å². The number of rotatable bonds is 7. The van der Waals surface area contributed by atoms with E-state index in [4.69, 9.17) is 9.47 Å². The second kappa shape index (κ2) is 13.7. The van der Waals surface area contributed by atoms with Gasteiger partial charge in [-0.15, -0.1) is 0 Å². The third-order valence-electron chi connectivity index (χ3n) is 7.67. The van der Waals surface area contributed by atoms with E-state index < -0.39 is 16.1 Å². The predicted octanol–water partition coefficient (Wildman–Crippen LogP) is 6.12. The fourth-order valence-electron chi connectivity index (χ4n) is 5.55. The molecule has 1 aliphatic heterocycles. The second-order valence-electron chi connectivity index (χ2n) is 13.3. The third-order valence-corrected chi connectivity index (χ3v) is 9.00. The minimum atomic E-state index is -4.18. The van der Waals surface area contributed by atoms with Gasteiger partial charge in [-0.25, -0.2) is 28.1 Å². The Balaban J connectivity index is 1.64. The van der Waals surface area contributed by atoms with Crippen LogP contribution >= 0.6 is 0 Å². The van der Waals surface area contributed by atoms with Crippen LogP contribution in [0.5, 0.6) is 5.88 Å². The lowest BCUT2D eigenvalue weighted by Gasteiger charge is -2.35. The second-order valence-corrected chi connectivity index (χ2v) is 15.0. The van der Waals surface area contributed by atoms with E-state index in [2.05, 4.69) is 45.4 Å². The van der Waals surface area contributed by atoms with Crippen molar-refractivity contribution in [3.63, 3.8) is 0 Å². The lowest BCUT2D eigenvalue weighted by atomic mass is 9.87. The number of nitrogens with zero attached hydrogens (tertiary/aromatic N) is 5. The monoisotopic (exact) mass is 658 g/mol. The number of sulfonamides is 1. The number of carbonyl (C=O) groups is 1. The first-order chi connectivity index (χ1) is 22.2. The van der Waals surface area contributed by atoms with Crippen molar-refractivity contribution in [3.05, 3.63) is 89.0 Å². The molecule has 1 amide bonds. The highest BCUT2D eigenvalue weighted by Crippen LogP contribution is 2.31. The first kappa shape index (κ1) is 33.9. The summed E-state index contributed by atoms with van der Waals surface area (Å²) in [5.74, 6) is 0.102. The van der Waals surface area contributed by atoms with E-state index in [1.165, 1.54) is 12.1 Å². The molecule has 0 saturated carbocycles. The van der Waals surface area contributed by atoms with Crippen LogP contribution in [0.25, 0.3) is 11.3 Å². The molecular weight excluding hydrogens is 616 g/mol. The molecule has 0 spiro atoms. The first-order valence-electron chi connectivity index (χ1n) is 15.6. The van der Waals surface area contributed by atoms with Crippen molar-refractivity contribution in [2.24, 2.45) is 5.41 Å². The highest BCUT2D eigenvalue weighted by Gasteiger charge is 2.32. The van der Waals surface area contributed by atoms with Crippen LogP contribution < -0.4 is 9.46 Å². The van der Waals surface area contributed by atoms with Crippen LogP contribution in [0.3, 0.4) is 0 Å². The number of ether oxygens (including phenoxy) is 2. The predicted molar refractivity (Wildman–Crippen MR) is 179 cm³/mol. The normalized spacial score (nSPS) is 16.5. The number of nitrogens with one attached hydrogen (secondary N) is 1. The van der Waals surface area contributed by atoms with Crippen molar-refractivity contribution in [2.75, 3.05) is 11.3 Å². The van der Waals surface area contributed by atoms with Gasteiger partial charge >= 0.3 is 0 Å². The maximum atomic E-state index is 14.4. The average Bonchev–Trinajstić information content (AvgIpc) is 3.00. The van der Waals surface area contributed by atoms with E-state index >= 15 is 0 Å². The van der Waals surface area contributed by atoms with Gasteiger partial charge in [-0.05, 0) is 74.9 Å². The summed E-state index contributed by atoms with van der Waals surface area (Å²) >= 11 is 0. The zero-order valence-corrected chi connectivity index (χ0v) is 28.8. The van der Waals surface area contributed by atoms with Crippen LogP contribution in [0.1, 0.15) is 74.0 Å². The number of hydrogen-bond acceptors (Lipinski definition) is 9. The Hall–Kier alpha value is -4.42. The van der Waals surface area contributed by atoms with E-state index in [1.54, 1.807) is 35.4 Å². The summed E-state index contributed by atoms with van der Waals surface area (Å²) in [6.45, 7) is 14.6. The largest absolute Gasteiger partial charge is 0.475 e. The molecule has 0 fully saturated rings. The van der Waals surface area contributed by atoms with Gasteiger partial charge in [0.05, 0.1) is 41.6 Å². The van der Waals surface area contributed by atoms with Crippen molar-refractivity contribution < 1.29 is 22.7 Å². The van der Waals surface area contributed by atoms with Crippen LogP contribution in [-0.4, -0.2) is 57.9 Å². The SMILES string of the molecule is Cc1cccc(C)c1-c1cc2nc(n1)NS(=O)(=O)c1cccc(c1)C(=O)N(Cc1nccc(COC(C)C)n1)[C@H](CC(C)(C)C)CO2. The number of aromatic nitrogens is 4. The van der Waals surface area contributed by atoms with Gasteiger partial charge in [0.2, 0.25) is 11.8 Å². The summed E-state index contributed by atoms with van der Waals surface area (Å²) in [7, 11) is -4.18. The van der Waals surface area contributed by atoms with E-state index in [9.17, 15) is 13.2 Å². The molecule has 11 nitrogen and oxygen atoms in total. The minimum absolute atomic E-state index is 0.0260. The Morgan fingerprint density at radius 2 is 1.74 bits per heavy atom. The lowest BCUT2D eigenvalue weighted by Crippen LogP contribution is -2.45. The fourth-order valence-corrected chi connectivity index (χ4v) is 6.54. The lowest BCUT2D eigenvalue weighted by molar-refractivity contribution is 0.0501. The Labute approximate surface area is 276 Å². The molecule has 5 rings (SSSR count). The smallest absolute Gasteiger partial charge is 0.264 e. The van der Waals surface area contributed by atoms with Gasteiger partial charge in [0, 0.05) is 23.4 Å². The Morgan fingerprint density at radius 3 is 2.45 bits per heavy atom. The third kappa shape index (κ3) is 8.49. The van der Waals surface area contributed by atoms with Gasteiger partial charge in [0.25, 0.3) is 15.9 Å². The van der Waals surface area contributed by atoms with E-state index in [0.717, 1.165) is 16.7 Å². The molecule has 0 aliphatic carbocycles. The van der Waals surface area contributed by atoms with Crippen molar-refractivity contribution in [1.82, 2.24) is 24.8 Å². The Kier molecular flexibility index (Phi) is 9.92. The molecule has 1 atom stereocenters. The maximum absolute atomic E-state index is 14.4. The first-order valence-corrected chi connectivity index (χ1v) is 17.1. The quantitative estimate of drug-likeness (QED) is 0.249. The average molecular weight is 659 g/mol. The molecule has 12 heteroatoms. The summed E-state index contributed by atoms with van der Waals surface area (Å²) in [5, 5.41) is 0. The Bertz CT molecular complexity index is 1850. The van der Waals surface area contributed by atoms with Gasteiger partial charge in [-0.1, -0.05) is 45.0 Å². The number of carbonyl (C=O) groups excluding carboxylic acids is 1. The molecule has 1 N–H and O–H groups in total. The molecule has 4 aromatic rings. The number of aryl methyl sites for hydroxylation is 2. The van der Waals surface area contributed by atoms with Crippen molar-refractivity contribution >= 4 is 21.9 Å². The fraction of sp³-hybridized carbons (Fsp3) is 0.400. The summed E-state index contributed by atoms with van der Waals surface area (Å²) in [4.78, 5) is 34.2. The summed E-state index contributed by atoms with van der Waals surface area (Å²) < 4.78 is 41.9. The number of amides is 1. The van der Waals surface area contributed by atoms with Crippen molar-refractivity contribution in [2.45, 2.75) is 85.1 Å². The minimum Gasteiger partial charge on any atom is -0.475 e. The summed E-state index contributed by atoms with van der Waals surface area (Å²) in [5.41, 5.74) is 4.00. The zero-order chi connectivity index (χ0) is 33.9. The highest BCUT2D eigenvalue weighted by atomic mass is 32.2. The van der Waals surface area contributed by atoms with Crippen LogP contribution in [0.2, 0.25) is 0 Å². The topological polar surface area (TPSA) is 136 Å². The molecule has 2 aromatic heterocycles. The molecule has 0 radical (unpaired) electrons. The molecule has 4 bridgehead atoms. The molecule has 0 saturated heterocycles. The molecule has 47 heavy (non-hydrogen) atoms. The molecule has 2 aromatic carbocycles. The molecule has 1 aliphatic rings. The van der Waals surface area contributed by atoms with Gasteiger partial charge in [0.1, 0.15) is 12.4 Å². The van der Waals surface area contributed by atoms with E-state index in [0.29, 0.717) is 30.2 Å². The van der Waals surface area contributed by atoms with Gasteiger partial charge in [-0.2, -0.15) is 4.98 Å². The standard InChI is InChI=1S/C35H42N6O5S/c1-22(2)45-20-26-14-15-36-30(37-26)19-41-27(18-35(5,6)7)21-46-31-17-29(32-23(3)10-8-11-24(32)4)38-34(39-31)40-47(43,44)28-13-9-12-25(16-28)33(41)42/h8-17,22,27H,18-21H2,1-7H3,(H,38,39,40)/t27-/m1/s1. The van der Waals surface area contributed by atoms with Gasteiger partial charge in [-0.3, -0.25) is 4.79 Å². The number of hydrogen-bond donors (Lipinski definition) is 1. The van der Waals surface area contributed by atoms with E-state index in [1.807, 2.05) is 45.9 Å². The Morgan fingerprint density at radius 1 is 1.02 bits per heavy atom. The van der Waals surface area contributed by atoms with Crippen LogP contribution in [-0.2, 0) is 27.9 Å². The van der Waals surface area contributed by atoms with Crippen molar-refractivity contribution in [3.8, 4) is 17.1 Å². The van der Waals surface area contributed by atoms with E-state index in [-0.39, 0.29) is 52.9 Å². The van der Waals surface area contributed by atoms with Crippen LogP contribution in [0, 0.1) is 19.3 Å². The zero-order valence-electron chi connectivity index (χ0n) is 27.9. The molecule has 0 unspecified atom stereocenters. The van der Waals surface area contributed by atoms with Gasteiger partial charge in [0.15, 0.2) is 0 Å². The van der Waals surface area contributed by atoms with Gasteiger partial charge < -0.3 is 14.4 Å². The number of anilines is 1. The number of fused-ring (bicyclic) bond motifs is 4.